The Kier molecular flexibility index (Phi) is 6.95. The number of carbonyl (C=O) groups is 2. The Labute approximate surface area is 177 Å². The number of likely N-dealkylation sites (tertiary alicyclic amines) is 1. The summed E-state index contributed by atoms with van der Waals surface area (Å²) in [5.41, 5.74) is 1.22. The lowest BCUT2D eigenvalue weighted by Crippen LogP contribution is -2.42. The fourth-order valence-corrected chi connectivity index (χ4v) is 3.88. The van der Waals surface area contributed by atoms with Gasteiger partial charge in [0.15, 0.2) is 11.5 Å². The van der Waals surface area contributed by atoms with Crippen molar-refractivity contribution in [2.45, 2.75) is 37.8 Å². The fourth-order valence-electron chi connectivity index (χ4n) is 3.88. The normalized spacial score (nSPS) is 24.7. The maximum Gasteiger partial charge on any atom is 0.490 e. The van der Waals surface area contributed by atoms with Crippen LogP contribution in [0.5, 0.6) is 11.5 Å². The highest BCUT2D eigenvalue weighted by Crippen LogP contribution is 2.36. The van der Waals surface area contributed by atoms with E-state index in [-0.39, 0.29) is 18.1 Å². The van der Waals surface area contributed by atoms with Crippen LogP contribution in [0.2, 0.25) is 0 Å². The maximum atomic E-state index is 12.1. The quantitative estimate of drug-likeness (QED) is 0.761. The molecule has 8 nitrogen and oxygen atoms in total. The first-order valence-corrected chi connectivity index (χ1v) is 9.82. The highest BCUT2D eigenvalue weighted by atomic mass is 19.4. The number of rotatable bonds is 3. The minimum atomic E-state index is -5.08. The lowest BCUT2D eigenvalue weighted by molar-refractivity contribution is -0.192. The summed E-state index contributed by atoms with van der Waals surface area (Å²) in [6.07, 6.45) is -3.23. The summed E-state index contributed by atoms with van der Waals surface area (Å²) < 4.78 is 48.6. The van der Waals surface area contributed by atoms with Crippen molar-refractivity contribution in [3.63, 3.8) is 0 Å². The molecule has 0 radical (unpaired) electrons. The Balaban J connectivity index is 0.000000339. The van der Waals surface area contributed by atoms with Crippen LogP contribution in [0.3, 0.4) is 0 Å². The van der Waals surface area contributed by atoms with Gasteiger partial charge < -0.3 is 24.2 Å². The molecule has 0 bridgehead atoms. The van der Waals surface area contributed by atoms with Crippen LogP contribution in [0.1, 0.15) is 18.4 Å². The zero-order valence-electron chi connectivity index (χ0n) is 17.2. The first-order chi connectivity index (χ1) is 14.5. The van der Waals surface area contributed by atoms with Crippen LogP contribution in [0.15, 0.2) is 18.2 Å². The van der Waals surface area contributed by atoms with Crippen LogP contribution in [0, 0.1) is 5.92 Å². The van der Waals surface area contributed by atoms with Crippen molar-refractivity contribution in [1.29, 1.82) is 0 Å². The van der Waals surface area contributed by atoms with E-state index >= 15 is 0 Å². The Morgan fingerprint density at radius 2 is 1.90 bits per heavy atom. The van der Waals surface area contributed by atoms with Gasteiger partial charge in [-0.15, -0.1) is 0 Å². The second-order valence-corrected chi connectivity index (χ2v) is 7.91. The van der Waals surface area contributed by atoms with Gasteiger partial charge in [-0.3, -0.25) is 9.69 Å². The topological polar surface area (TPSA) is 88.5 Å². The minimum Gasteiger partial charge on any atom is -0.475 e. The Bertz CT molecular complexity index is 817. The molecule has 1 aromatic rings. The average molecular weight is 446 g/mol. The van der Waals surface area contributed by atoms with Gasteiger partial charge in [-0.25, -0.2) is 4.79 Å². The number of carboxylic acids is 1. The zero-order valence-corrected chi connectivity index (χ0v) is 17.2. The maximum absolute atomic E-state index is 12.1. The number of carboxylic acid groups (broad SMARTS) is 1. The number of hydrogen-bond donors (Lipinski definition) is 1. The number of amides is 1. The Hall–Kier alpha value is -2.53. The molecule has 2 fully saturated rings. The van der Waals surface area contributed by atoms with Crippen LogP contribution < -0.4 is 9.47 Å². The standard InChI is InChI=1S/C18H24N2O4.C2HF3O2/c1-19(2)18(21)16-8-13-5-6-20(10-17(13)24-16)9-12-3-4-14-15(7-12)23-11-22-14;3-2(4,5)1(6)7/h3-4,7,13,16-17H,5-6,8-11H2,1-2H3;(H,6,7)/t13-,16-,17-;/m0./s1. The predicted molar refractivity (Wildman–Crippen MR) is 102 cm³/mol. The number of ether oxygens (including phenoxy) is 3. The first kappa shape index (κ1) is 23.1. The van der Waals surface area contributed by atoms with Crippen molar-refractivity contribution in [2.75, 3.05) is 34.0 Å². The third kappa shape index (κ3) is 5.79. The molecule has 3 aliphatic heterocycles. The predicted octanol–water partition coefficient (Wildman–Crippen LogP) is 2.12. The molecule has 1 N–H and O–H groups in total. The van der Waals surface area contributed by atoms with E-state index in [4.69, 9.17) is 24.1 Å². The molecule has 172 valence electrons. The lowest BCUT2D eigenvalue weighted by Gasteiger charge is -2.34. The van der Waals surface area contributed by atoms with Gasteiger partial charge in [0, 0.05) is 27.2 Å². The molecule has 4 rings (SSSR count). The molecule has 3 heterocycles. The molecule has 2 saturated heterocycles. The number of benzene rings is 1. The van der Waals surface area contributed by atoms with E-state index in [2.05, 4.69) is 17.0 Å². The van der Waals surface area contributed by atoms with Crippen molar-refractivity contribution < 1.29 is 42.1 Å². The van der Waals surface area contributed by atoms with E-state index in [0.717, 1.165) is 44.0 Å². The van der Waals surface area contributed by atoms with E-state index in [1.807, 2.05) is 6.07 Å². The fraction of sp³-hybridized carbons (Fsp3) is 0.600. The summed E-state index contributed by atoms with van der Waals surface area (Å²) in [4.78, 5) is 25.1. The Morgan fingerprint density at radius 3 is 2.55 bits per heavy atom. The van der Waals surface area contributed by atoms with Crippen LogP contribution in [-0.4, -0.2) is 79.1 Å². The van der Waals surface area contributed by atoms with Crippen molar-refractivity contribution in [1.82, 2.24) is 9.80 Å². The minimum absolute atomic E-state index is 0.0896. The van der Waals surface area contributed by atoms with Crippen molar-refractivity contribution in [2.24, 2.45) is 5.92 Å². The molecule has 0 spiro atoms. The van der Waals surface area contributed by atoms with E-state index in [9.17, 15) is 18.0 Å². The number of piperidine rings is 1. The number of nitrogens with zero attached hydrogens (tertiary/aromatic N) is 2. The second-order valence-electron chi connectivity index (χ2n) is 7.91. The third-order valence-electron chi connectivity index (χ3n) is 5.44. The van der Waals surface area contributed by atoms with Gasteiger partial charge >= 0.3 is 12.1 Å². The van der Waals surface area contributed by atoms with Gasteiger partial charge in [-0.1, -0.05) is 6.07 Å². The van der Waals surface area contributed by atoms with Crippen molar-refractivity contribution >= 4 is 11.9 Å². The summed E-state index contributed by atoms with van der Waals surface area (Å²) in [6, 6.07) is 6.12. The van der Waals surface area contributed by atoms with Gasteiger partial charge in [0.1, 0.15) is 6.10 Å². The average Bonchev–Trinajstić information content (AvgIpc) is 3.32. The molecular weight excluding hydrogens is 421 g/mol. The first-order valence-electron chi connectivity index (χ1n) is 9.82. The molecule has 3 atom stereocenters. The van der Waals surface area contributed by atoms with E-state index in [1.54, 1.807) is 19.0 Å². The highest BCUT2D eigenvalue weighted by molar-refractivity contribution is 5.80. The SMILES string of the molecule is CN(C)C(=O)[C@@H]1C[C@@H]2CCN(Cc3ccc4c(c3)OCO4)C[C@@H]2O1.O=C(O)C(F)(F)F. The summed E-state index contributed by atoms with van der Waals surface area (Å²) in [5.74, 6) is -0.510. The summed E-state index contributed by atoms with van der Waals surface area (Å²) >= 11 is 0. The number of carbonyl (C=O) groups excluding carboxylic acids is 1. The van der Waals surface area contributed by atoms with Crippen molar-refractivity contribution in [3.05, 3.63) is 23.8 Å². The van der Waals surface area contributed by atoms with Gasteiger partial charge in [0.25, 0.3) is 5.91 Å². The number of alkyl halides is 3. The molecule has 1 aromatic carbocycles. The molecule has 0 aromatic heterocycles. The molecule has 1 amide bonds. The molecule has 11 heteroatoms. The Morgan fingerprint density at radius 1 is 1.23 bits per heavy atom. The molecule has 0 unspecified atom stereocenters. The number of fused-ring (bicyclic) bond motifs is 2. The molecular formula is C20H25F3N2O6. The van der Waals surface area contributed by atoms with E-state index < -0.39 is 12.1 Å². The van der Waals surface area contributed by atoms with Crippen LogP contribution >= 0.6 is 0 Å². The van der Waals surface area contributed by atoms with E-state index in [0.29, 0.717) is 12.7 Å². The number of hydrogen-bond acceptors (Lipinski definition) is 6. The van der Waals surface area contributed by atoms with Gasteiger partial charge in [-0.05, 0) is 43.0 Å². The van der Waals surface area contributed by atoms with Gasteiger partial charge in [-0.2, -0.15) is 13.2 Å². The number of likely N-dealkylation sites (N-methyl/N-ethyl adjacent to an activating group) is 1. The van der Waals surface area contributed by atoms with E-state index in [1.165, 1.54) is 5.56 Å². The largest absolute Gasteiger partial charge is 0.490 e. The molecule has 31 heavy (non-hydrogen) atoms. The van der Waals surface area contributed by atoms with Crippen LogP contribution in [0.4, 0.5) is 13.2 Å². The molecule has 3 aliphatic rings. The van der Waals surface area contributed by atoms with Gasteiger partial charge in [0.05, 0.1) is 6.10 Å². The van der Waals surface area contributed by atoms with Crippen LogP contribution in [0.25, 0.3) is 0 Å². The van der Waals surface area contributed by atoms with Crippen molar-refractivity contribution in [3.8, 4) is 11.5 Å². The van der Waals surface area contributed by atoms with Gasteiger partial charge in [0.2, 0.25) is 6.79 Å². The number of halogens is 3. The smallest absolute Gasteiger partial charge is 0.475 e. The monoisotopic (exact) mass is 446 g/mol. The summed E-state index contributed by atoms with van der Waals surface area (Å²) in [5, 5.41) is 7.12. The summed E-state index contributed by atoms with van der Waals surface area (Å²) in [7, 11) is 3.58. The molecule has 0 saturated carbocycles. The second kappa shape index (κ2) is 9.31. The zero-order chi connectivity index (χ0) is 22.8. The highest BCUT2D eigenvalue weighted by Gasteiger charge is 2.42. The number of aliphatic carboxylic acids is 1. The summed E-state index contributed by atoms with van der Waals surface area (Å²) in [6.45, 7) is 3.11. The van der Waals surface area contributed by atoms with Crippen LogP contribution in [-0.2, 0) is 20.9 Å². The lowest BCUT2D eigenvalue weighted by atomic mass is 9.91. The molecule has 0 aliphatic carbocycles. The third-order valence-corrected chi connectivity index (χ3v) is 5.44.